The average molecular weight is 448 g/mol. The van der Waals surface area contributed by atoms with Crippen molar-refractivity contribution < 1.29 is 14.0 Å². The van der Waals surface area contributed by atoms with Crippen LogP contribution in [0.4, 0.5) is 4.39 Å². The van der Waals surface area contributed by atoms with Crippen molar-refractivity contribution in [2.75, 3.05) is 26.2 Å². The van der Waals surface area contributed by atoms with E-state index in [0.717, 1.165) is 17.4 Å². The third-order valence-corrected chi connectivity index (χ3v) is 6.71. The first-order valence-electron chi connectivity index (χ1n) is 11.2. The summed E-state index contributed by atoms with van der Waals surface area (Å²) in [6.45, 7) is 3.80. The van der Waals surface area contributed by atoms with E-state index in [1.54, 1.807) is 29.2 Å². The van der Waals surface area contributed by atoms with Crippen LogP contribution in [0.2, 0.25) is 0 Å². The van der Waals surface area contributed by atoms with Crippen LogP contribution < -0.4 is 5.56 Å². The number of amides is 2. The molecule has 1 aromatic heterocycles. The number of piperazine rings is 1. The molecule has 2 aliphatic rings. The molecule has 2 atom stereocenters. The molecule has 33 heavy (non-hydrogen) atoms. The summed E-state index contributed by atoms with van der Waals surface area (Å²) in [5.41, 5.74) is 1.12. The third-order valence-electron chi connectivity index (χ3n) is 6.71. The van der Waals surface area contributed by atoms with Crippen LogP contribution in [0.5, 0.6) is 0 Å². The Hall–Kier alpha value is -3.55. The van der Waals surface area contributed by atoms with Gasteiger partial charge in [-0.2, -0.15) is 5.10 Å². The molecule has 2 heterocycles. The van der Waals surface area contributed by atoms with Crippen LogP contribution in [0.25, 0.3) is 10.8 Å². The molecule has 7 nitrogen and oxygen atoms in total. The SMILES string of the molecule is CC1CC1C(=O)N1CCN(C(=O)c2cc(Cc3n[nH]c(=O)c4ccccc34)ccc2F)CC1. The molecule has 2 unspecified atom stereocenters. The van der Waals surface area contributed by atoms with Crippen LogP contribution in [0, 0.1) is 17.7 Å². The van der Waals surface area contributed by atoms with Crippen molar-refractivity contribution in [1.82, 2.24) is 20.0 Å². The maximum atomic E-state index is 14.6. The van der Waals surface area contributed by atoms with Crippen LogP contribution in [0.3, 0.4) is 0 Å². The first kappa shape index (κ1) is 21.3. The third kappa shape index (κ3) is 4.13. The molecule has 2 aromatic carbocycles. The summed E-state index contributed by atoms with van der Waals surface area (Å²) in [5.74, 6) is -0.209. The highest BCUT2D eigenvalue weighted by molar-refractivity contribution is 5.95. The van der Waals surface area contributed by atoms with Gasteiger partial charge in [-0.1, -0.05) is 31.2 Å². The molecule has 1 aliphatic heterocycles. The van der Waals surface area contributed by atoms with Gasteiger partial charge in [-0.3, -0.25) is 14.4 Å². The first-order valence-corrected chi connectivity index (χ1v) is 11.2. The number of nitrogens with zero attached hydrogens (tertiary/aromatic N) is 3. The minimum absolute atomic E-state index is 0.0109. The Bertz CT molecular complexity index is 1300. The van der Waals surface area contributed by atoms with Gasteiger partial charge in [-0.05, 0) is 36.1 Å². The number of aromatic amines is 1. The average Bonchev–Trinajstić information content (AvgIpc) is 3.58. The van der Waals surface area contributed by atoms with E-state index in [1.165, 1.54) is 6.07 Å². The van der Waals surface area contributed by atoms with Crippen molar-refractivity contribution in [3.8, 4) is 0 Å². The minimum atomic E-state index is -0.576. The fourth-order valence-corrected chi connectivity index (χ4v) is 4.55. The number of hydrogen-bond donors (Lipinski definition) is 1. The molecule has 1 aliphatic carbocycles. The number of nitrogens with one attached hydrogen (secondary N) is 1. The molecule has 0 spiro atoms. The van der Waals surface area contributed by atoms with E-state index in [0.29, 0.717) is 49.6 Å². The van der Waals surface area contributed by atoms with Crippen molar-refractivity contribution in [3.05, 3.63) is 75.5 Å². The molecule has 1 saturated carbocycles. The Morgan fingerprint density at radius 2 is 1.73 bits per heavy atom. The van der Waals surface area contributed by atoms with Gasteiger partial charge in [0.1, 0.15) is 5.82 Å². The van der Waals surface area contributed by atoms with Crippen LogP contribution >= 0.6 is 0 Å². The zero-order valence-corrected chi connectivity index (χ0v) is 18.4. The molecule has 0 bridgehead atoms. The van der Waals surface area contributed by atoms with Crippen LogP contribution in [0.1, 0.15) is 35.0 Å². The second-order valence-electron chi connectivity index (χ2n) is 8.97. The van der Waals surface area contributed by atoms with Crippen molar-refractivity contribution in [3.63, 3.8) is 0 Å². The van der Waals surface area contributed by atoms with Crippen molar-refractivity contribution in [1.29, 1.82) is 0 Å². The summed E-state index contributed by atoms with van der Waals surface area (Å²) in [6.07, 6.45) is 1.29. The van der Waals surface area contributed by atoms with E-state index in [2.05, 4.69) is 17.1 Å². The van der Waals surface area contributed by atoms with E-state index in [-0.39, 0.29) is 28.9 Å². The van der Waals surface area contributed by atoms with Gasteiger partial charge in [0.2, 0.25) is 5.91 Å². The van der Waals surface area contributed by atoms with Gasteiger partial charge in [0, 0.05) is 43.9 Å². The maximum Gasteiger partial charge on any atom is 0.272 e. The molecule has 3 aromatic rings. The fraction of sp³-hybridized carbons (Fsp3) is 0.360. The Labute approximate surface area is 190 Å². The molecule has 170 valence electrons. The Kier molecular flexibility index (Phi) is 5.44. The van der Waals surface area contributed by atoms with E-state index in [4.69, 9.17) is 0 Å². The highest BCUT2D eigenvalue weighted by atomic mass is 19.1. The molecule has 1 N–H and O–H groups in total. The van der Waals surface area contributed by atoms with Gasteiger partial charge in [0.15, 0.2) is 0 Å². The van der Waals surface area contributed by atoms with Gasteiger partial charge in [-0.15, -0.1) is 0 Å². The number of carbonyl (C=O) groups excluding carboxylic acids is 2. The number of rotatable bonds is 4. The summed E-state index contributed by atoms with van der Waals surface area (Å²) in [7, 11) is 0. The number of fused-ring (bicyclic) bond motifs is 1. The van der Waals surface area contributed by atoms with Crippen molar-refractivity contribution in [2.24, 2.45) is 11.8 Å². The standard InChI is InChI=1S/C25H25FN4O3/c1-15-12-19(15)24(32)29-8-10-30(11-9-29)25(33)20-13-16(6-7-21(20)26)14-22-17-4-2-3-5-18(17)23(31)28-27-22/h2-7,13,15,19H,8-12,14H2,1H3,(H,28,31). The van der Waals surface area contributed by atoms with E-state index in [9.17, 15) is 18.8 Å². The lowest BCUT2D eigenvalue weighted by molar-refractivity contribution is -0.134. The monoisotopic (exact) mass is 448 g/mol. The van der Waals surface area contributed by atoms with Gasteiger partial charge in [0.05, 0.1) is 16.6 Å². The Morgan fingerprint density at radius 3 is 2.42 bits per heavy atom. The molecular weight excluding hydrogens is 423 g/mol. The molecule has 8 heteroatoms. The number of halogens is 1. The Morgan fingerprint density at radius 1 is 1.06 bits per heavy atom. The second-order valence-corrected chi connectivity index (χ2v) is 8.97. The molecule has 2 amide bonds. The van der Waals surface area contributed by atoms with Gasteiger partial charge in [-0.25, -0.2) is 9.49 Å². The van der Waals surface area contributed by atoms with Gasteiger partial charge < -0.3 is 9.80 Å². The number of aromatic nitrogens is 2. The lowest BCUT2D eigenvalue weighted by Crippen LogP contribution is -2.51. The minimum Gasteiger partial charge on any atom is -0.339 e. The van der Waals surface area contributed by atoms with E-state index < -0.39 is 5.82 Å². The molecule has 1 saturated heterocycles. The quantitative estimate of drug-likeness (QED) is 0.665. The number of benzene rings is 2. The van der Waals surface area contributed by atoms with Crippen molar-refractivity contribution in [2.45, 2.75) is 19.8 Å². The highest BCUT2D eigenvalue weighted by Gasteiger charge is 2.42. The zero-order chi connectivity index (χ0) is 23.1. The lowest BCUT2D eigenvalue weighted by Gasteiger charge is -2.35. The summed E-state index contributed by atoms with van der Waals surface area (Å²) < 4.78 is 14.6. The first-order chi connectivity index (χ1) is 15.9. The molecular formula is C25H25FN4O3. The normalized spacial score (nSPS) is 20.2. The smallest absolute Gasteiger partial charge is 0.272 e. The summed E-state index contributed by atoms with van der Waals surface area (Å²) in [6, 6.07) is 11.7. The molecule has 0 radical (unpaired) electrons. The summed E-state index contributed by atoms with van der Waals surface area (Å²) >= 11 is 0. The predicted octanol–water partition coefficient (Wildman–Crippen LogP) is 2.59. The van der Waals surface area contributed by atoms with Crippen LogP contribution in [-0.2, 0) is 11.2 Å². The molecule has 5 rings (SSSR count). The van der Waals surface area contributed by atoms with Gasteiger partial charge >= 0.3 is 0 Å². The fourth-order valence-electron chi connectivity index (χ4n) is 4.55. The number of carbonyl (C=O) groups is 2. The predicted molar refractivity (Wildman–Crippen MR) is 121 cm³/mol. The van der Waals surface area contributed by atoms with E-state index >= 15 is 0 Å². The van der Waals surface area contributed by atoms with Crippen LogP contribution in [0.15, 0.2) is 47.3 Å². The van der Waals surface area contributed by atoms with E-state index in [1.807, 2.05) is 17.0 Å². The highest BCUT2D eigenvalue weighted by Crippen LogP contribution is 2.39. The molecule has 2 fully saturated rings. The largest absolute Gasteiger partial charge is 0.339 e. The number of hydrogen-bond acceptors (Lipinski definition) is 4. The Balaban J connectivity index is 1.32. The van der Waals surface area contributed by atoms with Crippen molar-refractivity contribution >= 4 is 22.6 Å². The topological polar surface area (TPSA) is 86.4 Å². The second kappa shape index (κ2) is 8.42. The summed E-state index contributed by atoms with van der Waals surface area (Å²) in [5, 5.41) is 7.94. The maximum absolute atomic E-state index is 14.6. The lowest BCUT2D eigenvalue weighted by atomic mass is 10.0. The summed E-state index contributed by atoms with van der Waals surface area (Å²) in [4.78, 5) is 41.0. The number of H-pyrrole nitrogens is 1. The van der Waals surface area contributed by atoms with Gasteiger partial charge in [0.25, 0.3) is 11.5 Å². The van der Waals surface area contributed by atoms with Crippen LogP contribution in [-0.4, -0.2) is 58.0 Å². The zero-order valence-electron chi connectivity index (χ0n) is 18.4.